The van der Waals surface area contributed by atoms with Gasteiger partial charge >= 0.3 is 0 Å². The van der Waals surface area contributed by atoms with Crippen LogP contribution in [0.1, 0.15) is 5.56 Å². The molecule has 0 atom stereocenters. The van der Waals surface area contributed by atoms with Crippen molar-refractivity contribution in [2.45, 2.75) is 10.6 Å². The van der Waals surface area contributed by atoms with Gasteiger partial charge in [-0.05, 0) is 29.8 Å². The number of carbonyl (C=O) groups excluding carboxylic acids is 1. The van der Waals surface area contributed by atoms with E-state index in [4.69, 9.17) is 0 Å². The van der Waals surface area contributed by atoms with E-state index in [0.717, 1.165) is 48.2 Å². The highest BCUT2D eigenvalue weighted by atomic mass is 32.2. The molecule has 1 saturated heterocycles. The maximum absolute atomic E-state index is 12.7. The number of piperazine rings is 1. The van der Waals surface area contributed by atoms with Crippen LogP contribution in [0.2, 0.25) is 0 Å². The minimum atomic E-state index is 0.00349. The van der Waals surface area contributed by atoms with Gasteiger partial charge in [0.2, 0.25) is 5.91 Å². The maximum Gasteiger partial charge on any atom is 0.238 e. The molecule has 0 spiro atoms. The van der Waals surface area contributed by atoms with E-state index in [1.165, 1.54) is 5.56 Å². The molecule has 0 unspecified atom stereocenters. The first kappa shape index (κ1) is 21.3. The number of amides is 1. The topological polar surface area (TPSA) is 55.8 Å². The van der Waals surface area contributed by atoms with Crippen molar-refractivity contribution in [2.24, 2.45) is 0 Å². The summed E-state index contributed by atoms with van der Waals surface area (Å²) in [5.74, 6) is 1.17. The first-order valence-electron chi connectivity index (χ1n) is 10.5. The van der Waals surface area contributed by atoms with Crippen molar-refractivity contribution in [3.8, 4) is 5.75 Å². The van der Waals surface area contributed by atoms with Gasteiger partial charge in [0, 0.05) is 36.8 Å². The molecule has 0 aliphatic carbocycles. The van der Waals surface area contributed by atoms with E-state index in [-0.39, 0.29) is 5.91 Å². The number of thioether (sulfide) groups is 1. The number of phenols is 1. The Balaban J connectivity index is 1.29. The largest absolute Gasteiger partial charge is 0.506 e. The van der Waals surface area contributed by atoms with E-state index in [1.807, 2.05) is 60.7 Å². The lowest BCUT2D eigenvalue weighted by Crippen LogP contribution is -2.48. The van der Waals surface area contributed by atoms with E-state index >= 15 is 0 Å². The number of nitrogens with zero attached hydrogens (tertiary/aromatic N) is 2. The first-order valence-corrected chi connectivity index (χ1v) is 11.5. The Morgan fingerprint density at radius 2 is 1.55 bits per heavy atom. The molecule has 31 heavy (non-hydrogen) atoms. The highest BCUT2D eigenvalue weighted by Gasteiger charge is 2.21. The molecule has 1 amide bonds. The Morgan fingerprint density at radius 1 is 0.871 bits per heavy atom. The molecule has 1 aliphatic rings. The molecule has 4 rings (SSSR count). The van der Waals surface area contributed by atoms with Crippen molar-refractivity contribution >= 4 is 29.0 Å². The van der Waals surface area contributed by atoms with Crippen molar-refractivity contribution in [3.63, 3.8) is 0 Å². The van der Waals surface area contributed by atoms with Crippen LogP contribution in [0.3, 0.4) is 0 Å². The summed E-state index contributed by atoms with van der Waals surface area (Å²) in [5.41, 5.74) is 2.98. The van der Waals surface area contributed by atoms with Crippen LogP contribution in [0, 0.1) is 0 Å². The van der Waals surface area contributed by atoms with Crippen LogP contribution in [0.4, 0.5) is 11.4 Å². The third kappa shape index (κ3) is 5.81. The number of nitrogens with one attached hydrogen (secondary N) is 1. The van der Waals surface area contributed by atoms with Crippen molar-refractivity contribution in [1.82, 2.24) is 4.90 Å². The quantitative estimate of drug-likeness (QED) is 0.540. The smallest absolute Gasteiger partial charge is 0.238 e. The van der Waals surface area contributed by atoms with Crippen LogP contribution in [-0.4, -0.2) is 48.6 Å². The molecule has 5 nitrogen and oxygen atoms in total. The van der Waals surface area contributed by atoms with E-state index in [1.54, 1.807) is 17.8 Å². The van der Waals surface area contributed by atoms with Gasteiger partial charge in [0.05, 0.1) is 17.9 Å². The second kappa shape index (κ2) is 10.4. The first-order chi connectivity index (χ1) is 15.2. The number of hydrogen-bond donors (Lipinski definition) is 2. The van der Waals surface area contributed by atoms with Gasteiger partial charge in [0.15, 0.2) is 0 Å². The zero-order valence-corrected chi connectivity index (χ0v) is 18.2. The predicted molar refractivity (Wildman–Crippen MR) is 128 cm³/mol. The third-order valence-electron chi connectivity index (χ3n) is 5.36. The van der Waals surface area contributed by atoms with Crippen molar-refractivity contribution in [2.75, 3.05) is 42.9 Å². The second-order valence-corrected chi connectivity index (χ2v) is 8.59. The fraction of sp³-hybridized carbons (Fsp3) is 0.240. The molecule has 3 aromatic carbocycles. The highest BCUT2D eigenvalue weighted by molar-refractivity contribution is 7.98. The Bertz CT molecular complexity index is 1000. The lowest BCUT2D eigenvalue weighted by molar-refractivity contribution is -0.117. The summed E-state index contributed by atoms with van der Waals surface area (Å²) in [4.78, 5) is 18.1. The third-order valence-corrected chi connectivity index (χ3v) is 6.50. The molecule has 6 heteroatoms. The molecule has 0 aromatic heterocycles. The monoisotopic (exact) mass is 433 g/mol. The van der Waals surface area contributed by atoms with E-state index in [9.17, 15) is 9.90 Å². The number of anilines is 2. The van der Waals surface area contributed by atoms with E-state index in [0.29, 0.717) is 12.3 Å². The average molecular weight is 434 g/mol. The molecular weight excluding hydrogens is 406 g/mol. The van der Waals surface area contributed by atoms with Gasteiger partial charge in [0.25, 0.3) is 0 Å². The van der Waals surface area contributed by atoms with Gasteiger partial charge in [-0.2, -0.15) is 0 Å². The number of aromatic hydroxyl groups is 1. The molecule has 1 heterocycles. The Labute approximate surface area is 187 Å². The molecule has 0 saturated carbocycles. The van der Waals surface area contributed by atoms with Gasteiger partial charge in [-0.3, -0.25) is 9.69 Å². The van der Waals surface area contributed by atoms with Crippen LogP contribution < -0.4 is 10.2 Å². The molecule has 2 N–H and O–H groups in total. The van der Waals surface area contributed by atoms with Crippen LogP contribution in [-0.2, 0) is 10.5 Å². The summed E-state index contributed by atoms with van der Waals surface area (Å²) in [6, 6.07) is 25.7. The lowest BCUT2D eigenvalue weighted by atomic mass is 10.2. The Hall–Kier alpha value is -2.96. The minimum Gasteiger partial charge on any atom is -0.506 e. The summed E-state index contributed by atoms with van der Waals surface area (Å²) in [5, 5.41) is 13.2. The second-order valence-electron chi connectivity index (χ2n) is 7.57. The fourth-order valence-electron chi connectivity index (χ4n) is 3.70. The predicted octanol–water partition coefficient (Wildman–Crippen LogP) is 4.45. The number of phenolic OH excluding ortho intramolecular Hbond substituents is 1. The Kier molecular flexibility index (Phi) is 7.12. The highest BCUT2D eigenvalue weighted by Crippen LogP contribution is 2.30. The lowest BCUT2D eigenvalue weighted by Gasteiger charge is -2.35. The number of carbonyl (C=O) groups is 1. The molecule has 1 fully saturated rings. The van der Waals surface area contributed by atoms with E-state index < -0.39 is 0 Å². The Morgan fingerprint density at radius 3 is 2.32 bits per heavy atom. The van der Waals surface area contributed by atoms with Gasteiger partial charge in [-0.1, -0.05) is 54.6 Å². The van der Waals surface area contributed by atoms with Crippen molar-refractivity contribution < 1.29 is 9.90 Å². The number of hydrogen-bond acceptors (Lipinski definition) is 5. The number of para-hydroxylation sites is 3. The van der Waals surface area contributed by atoms with Crippen LogP contribution >= 0.6 is 11.8 Å². The van der Waals surface area contributed by atoms with E-state index in [2.05, 4.69) is 27.2 Å². The zero-order chi connectivity index (χ0) is 21.5. The fourth-order valence-corrected chi connectivity index (χ4v) is 4.67. The summed E-state index contributed by atoms with van der Waals surface area (Å²) in [7, 11) is 0. The average Bonchev–Trinajstić information content (AvgIpc) is 2.80. The van der Waals surface area contributed by atoms with Gasteiger partial charge in [-0.15, -0.1) is 11.8 Å². The molecule has 1 aliphatic heterocycles. The molecule has 160 valence electrons. The van der Waals surface area contributed by atoms with Gasteiger partial charge in [0.1, 0.15) is 5.75 Å². The normalized spacial score (nSPS) is 14.4. The molecule has 3 aromatic rings. The summed E-state index contributed by atoms with van der Waals surface area (Å²) in [6.07, 6.45) is 0. The standard InChI is InChI=1S/C25H27N3O2S/c29-23-12-6-5-11-22(23)28-16-14-27(15-17-28)18-25(30)26-21-10-4-7-13-24(21)31-19-20-8-2-1-3-9-20/h1-13,29H,14-19H2,(H,26,30). The summed E-state index contributed by atoms with van der Waals surface area (Å²) >= 11 is 1.73. The minimum absolute atomic E-state index is 0.00349. The zero-order valence-electron chi connectivity index (χ0n) is 17.4. The molecular formula is C25H27N3O2S. The van der Waals surface area contributed by atoms with Crippen LogP contribution in [0.15, 0.2) is 83.8 Å². The van der Waals surface area contributed by atoms with Crippen LogP contribution in [0.25, 0.3) is 0 Å². The number of benzene rings is 3. The maximum atomic E-state index is 12.7. The van der Waals surface area contributed by atoms with Crippen molar-refractivity contribution in [1.29, 1.82) is 0 Å². The SMILES string of the molecule is O=C(CN1CCN(c2ccccc2O)CC1)Nc1ccccc1SCc1ccccc1. The van der Waals surface area contributed by atoms with Crippen LogP contribution in [0.5, 0.6) is 5.75 Å². The van der Waals surface area contributed by atoms with Crippen molar-refractivity contribution in [3.05, 3.63) is 84.4 Å². The number of rotatable bonds is 7. The van der Waals surface area contributed by atoms with Gasteiger partial charge < -0.3 is 15.3 Å². The molecule has 0 bridgehead atoms. The van der Waals surface area contributed by atoms with Gasteiger partial charge in [-0.25, -0.2) is 0 Å². The summed E-state index contributed by atoms with van der Waals surface area (Å²) in [6.45, 7) is 3.51. The molecule has 0 radical (unpaired) electrons. The summed E-state index contributed by atoms with van der Waals surface area (Å²) < 4.78 is 0.